The number of carbonyl (C=O) groups is 2. The van der Waals surface area contributed by atoms with Gasteiger partial charge in [-0.25, -0.2) is 4.98 Å². The molecule has 1 aromatic heterocycles. The van der Waals surface area contributed by atoms with E-state index < -0.39 is 11.7 Å². The minimum absolute atomic E-state index is 0.0127. The van der Waals surface area contributed by atoms with Crippen molar-refractivity contribution in [3.63, 3.8) is 0 Å². The Bertz CT molecular complexity index is 822. The topological polar surface area (TPSA) is 68.3 Å². The number of pyridine rings is 1. The Hall–Kier alpha value is -2.90. The molecule has 1 heterocycles. The van der Waals surface area contributed by atoms with Gasteiger partial charge >= 0.3 is 6.18 Å². The number of nitrogens with zero attached hydrogens (tertiary/aromatic N) is 1. The van der Waals surface area contributed by atoms with Crippen LogP contribution < -0.4 is 10.1 Å². The van der Waals surface area contributed by atoms with E-state index in [1.165, 1.54) is 25.3 Å². The van der Waals surface area contributed by atoms with E-state index >= 15 is 0 Å². The number of hydrogen-bond acceptors (Lipinski definition) is 4. The average Bonchev–Trinajstić information content (AvgIpc) is 2.60. The Balaban J connectivity index is 2.08. The van der Waals surface area contributed by atoms with Crippen molar-refractivity contribution in [3.05, 3.63) is 53.7 Å². The van der Waals surface area contributed by atoms with Gasteiger partial charge in [0.2, 0.25) is 11.8 Å². The Kier molecular flexibility index (Phi) is 6.55. The molecule has 0 unspecified atom stereocenters. The molecule has 0 fully saturated rings. The van der Waals surface area contributed by atoms with Gasteiger partial charge in [-0.05, 0) is 31.2 Å². The number of Topliss-reactive ketones (excluding diaryl/α,β-unsaturated/α-hetero) is 1. The normalized spacial score (nSPS) is 12.3. The van der Waals surface area contributed by atoms with Crippen molar-refractivity contribution < 1.29 is 27.5 Å². The molecule has 2 aromatic rings. The molecule has 0 saturated carbocycles. The number of rotatable bonds is 7. The fourth-order valence-corrected chi connectivity index (χ4v) is 2.19. The second kappa shape index (κ2) is 8.66. The zero-order valence-corrected chi connectivity index (χ0v) is 14.8. The smallest absolute Gasteiger partial charge is 0.416 e. The molecule has 1 atom stereocenters. The van der Waals surface area contributed by atoms with Crippen LogP contribution in [0.1, 0.15) is 31.4 Å². The van der Waals surface area contributed by atoms with Crippen LogP contribution in [0.5, 0.6) is 11.6 Å². The van der Waals surface area contributed by atoms with E-state index in [9.17, 15) is 22.8 Å². The largest absolute Gasteiger partial charge is 0.439 e. The first-order chi connectivity index (χ1) is 12.7. The zero-order valence-electron chi connectivity index (χ0n) is 14.8. The van der Waals surface area contributed by atoms with Crippen LogP contribution in [0.25, 0.3) is 0 Å². The summed E-state index contributed by atoms with van der Waals surface area (Å²) < 4.78 is 43.9. The van der Waals surface area contributed by atoms with Crippen molar-refractivity contribution in [3.8, 4) is 11.6 Å². The molecule has 0 radical (unpaired) electrons. The van der Waals surface area contributed by atoms with Crippen LogP contribution in [0.15, 0.2) is 42.6 Å². The summed E-state index contributed by atoms with van der Waals surface area (Å²) in [6, 6.07) is 7.73. The molecular weight excluding hydrogens is 361 g/mol. The second-order valence-electron chi connectivity index (χ2n) is 6.09. The highest BCUT2D eigenvalue weighted by atomic mass is 19.4. The van der Waals surface area contributed by atoms with Crippen molar-refractivity contribution in [2.45, 2.75) is 33.0 Å². The molecule has 0 spiro atoms. The number of benzene rings is 1. The van der Waals surface area contributed by atoms with Gasteiger partial charge in [-0.2, -0.15) is 13.2 Å². The minimum Gasteiger partial charge on any atom is -0.439 e. The molecule has 2 rings (SSSR count). The summed E-state index contributed by atoms with van der Waals surface area (Å²) >= 11 is 0. The molecule has 1 amide bonds. The molecule has 0 saturated heterocycles. The van der Waals surface area contributed by atoms with Crippen LogP contribution in [0.3, 0.4) is 0 Å². The molecule has 144 valence electrons. The van der Waals surface area contributed by atoms with Gasteiger partial charge in [0, 0.05) is 30.6 Å². The predicted octanol–water partition coefficient (Wildman–Crippen LogP) is 4.12. The minimum atomic E-state index is -4.48. The standard InChI is InChI=1S/C19H19F3N2O3/c1-12(13(2)25)9-17(26)24-11-14-5-4-8-23-18(14)27-16-7-3-6-15(10-16)19(20,21)22/h3-8,10,12H,9,11H2,1-2H3,(H,24,26)/t12-/m1/s1. The summed E-state index contributed by atoms with van der Waals surface area (Å²) in [5, 5.41) is 2.66. The van der Waals surface area contributed by atoms with E-state index in [4.69, 9.17) is 4.74 Å². The third-order valence-electron chi connectivity index (χ3n) is 3.89. The van der Waals surface area contributed by atoms with Crippen molar-refractivity contribution in [2.24, 2.45) is 5.92 Å². The average molecular weight is 380 g/mol. The number of aromatic nitrogens is 1. The fourth-order valence-electron chi connectivity index (χ4n) is 2.19. The number of hydrogen-bond donors (Lipinski definition) is 1. The number of halogens is 3. The number of nitrogens with one attached hydrogen (secondary N) is 1. The van der Waals surface area contributed by atoms with Gasteiger partial charge in [-0.3, -0.25) is 9.59 Å². The molecular formula is C19H19F3N2O3. The number of alkyl halides is 3. The van der Waals surface area contributed by atoms with Crippen LogP contribution in [0, 0.1) is 5.92 Å². The third-order valence-corrected chi connectivity index (χ3v) is 3.89. The van der Waals surface area contributed by atoms with E-state index in [-0.39, 0.29) is 42.2 Å². The lowest BCUT2D eigenvalue weighted by molar-refractivity contribution is -0.137. The Morgan fingerprint density at radius 2 is 1.96 bits per heavy atom. The van der Waals surface area contributed by atoms with Crippen LogP contribution >= 0.6 is 0 Å². The van der Waals surface area contributed by atoms with Gasteiger partial charge in [-0.15, -0.1) is 0 Å². The number of ether oxygens (including phenoxy) is 1. The maximum atomic E-state index is 12.8. The van der Waals surface area contributed by atoms with E-state index in [1.807, 2.05) is 0 Å². The van der Waals surface area contributed by atoms with Crippen LogP contribution in [0.2, 0.25) is 0 Å². The molecule has 0 aliphatic heterocycles. The highest BCUT2D eigenvalue weighted by Crippen LogP contribution is 2.32. The van der Waals surface area contributed by atoms with Gasteiger partial charge in [-0.1, -0.05) is 19.1 Å². The van der Waals surface area contributed by atoms with Crippen LogP contribution in [-0.2, 0) is 22.3 Å². The third kappa shape index (κ3) is 6.09. The summed E-state index contributed by atoms with van der Waals surface area (Å²) in [7, 11) is 0. The molecule has 27 heavy (non-hydrogen) atoms. The molecule has 1 aromatic carbocycles. The molecule has 0 aliphatic carbocycles. The summed E-state index contributed by atoms with van der Waals surface area (Å²) in [6.07, 6.45) is -2.99. The van der Waals surface area contributed by atoms with Crippen molar-refractivity contribution in [2.75, 3.05) is 0 Å². The summed E-state index contributed by atoms with van der Waals surface area (Å²) in [5.41, 5.74) is -0.331. The lowest BCUT2D eigenvalue weighted by atomic mass is 10.0. The molecule has 1 N–H and O–H groups in total. The summed E-state index contributed by atoms with van der Waals surface area (Å²) in [5.74, 6) is -0.704. The van der Waals surface area contributed by atoms with Crippen molar-refractivity contribution in [1.29, 1.82) is 0 Å². The van der Waals surface area contributed by atoms with Crippen LogP contribution in [-0.4, -0.2) is 16.7 Å². The quantitative estimate of drug-likeness (QED) is 0.784. The maximum absolute atomic E-state index is 12.8. The van der Waals surface area contributed by atoms with Gasteiger partial charge < -0.3 is 10.1 Å². The maximum Gasteiger partial charge on any atom is 0.416 e. The van der Waals surface area contributed by atoms with Gasteiger partial charge in [0.05, 0.1) is 5.56 Å². The summed E-state index contributed by atoms with van der Waals surface area (Å²) in [6.45, 7) is 3.15. The van der Waals surface area contributed by atoms with Gasteiger partial charge in [0.15, 0.2) is 0 Å². The first kappa shape index (κ1) is 20.4. The molecule has 0 aliphatic rings. The predicted molar refractivity (Wildman–Crippen MR) is 92.1 cm³/mol. The van der Waals surface area contributed by atoms with Crippen molar-refractivity contribution >= 4 is 11.7 Å². The monoisotopic (exact) mass is 380 g/mol. The van der Waals surface area contributed by atoms with Crippen molar-refractivity contribution in [1.82, 2.24) is 10.3 Å². The first-order valence-corrected chi connectivity index (χ1v) is 8.23. The Morgan fingerprint density at radius 1 is 1.22 bits per heavy atom. The molecule has 0 bridgehead atoms. The Morgan fingerprint density at radius 3 is 2.63 bits per heavy atom. The van der Waals surface area contributed by atoms with E-state index in [0.717, 1.165) is 12.1 Å². The summed E-state index contributed by atoms with van der Waals surface area (Å²) in [4.78, 5) is 27.1. The number of ketones is 1. The van der Waals surface area contributed by atoms with E-state index in [1.54, 1.807) is 19.1 Å². The molecule has 5 nitrogen and oxygen atoms in total. The fraction of sp³-hybridized carbons (Fsp3) is 0.316. The van der Waals surface area contributed by atoms with E-state index in [2.05, 4.69) is 10.3 Å². The lowest BCUT2D eigenvalue weighted by Gasteiger charge is -2.13. The lowest BCUT2D eigenvalue weighted by Crippen LogP contribution is -2.26. The highest BCUT2D eigenvalue weighted by molar-refractivity contribution is 5.85. The number of carbonyl (C=O) groups excluding carboxylic acids is 2. The zero-order chi connectivity index (χ0) is 20.0. The SMILES string of the molecule is CC(=O)[C@H](C)CC(=O)NCc1cccnc1Oc1cccc(C(F)(F)F)c1. The molecule has 8 heteroatoms. The number of amides is 1. The second-order valence-corrected chi connectivity index (χ2v) is 6.09. The van der Waals surface area contributed by atoms with Crippen LogP contribution in [0.4, 0.5) is 13.2 Å². The van der Waals surface area contributed by atoms with Gasteiger partial charge in [0.25, 0.3) is 0 Å². The Labute approximate surface area is 154 Å². The van der Waals surface area contributed by atoms with Gasteiger partial charge in [0.1, 0.15) is 11.5 Å². The first-order valence-electron chi connectivity index (χ1n) is 8.23. The highest BCUT2D eigenvalue weighted by Gasteiger charge is 2.30. The van der Waals surface area contributed by atoms with E-state index in [0.29, 0.717) is 5.56 Å².